The van der Waals surface area contributed by atoms with Crippen molar-refractivity contribution in [3.05, 3.63) is 94.5 Å². The number of benzene rings is 3. The zero-order valence-corrected chi connectivity index (χ0v) is 21.2. The van der Waals surface area contributed by atoms with E-state index in [9.17, 15) is 26.4 Å². The van der Waals surface area contributed by atoms with Crippen LogP contribution in [0.1, 0.15) is 34.3 Å². The standard InChI is InChI=1S/C26H25ClF3N3O3S/c27-21-10-6-19(7-11-21)25(34)32-23-2-1-3-24(16-23)37(35,36)33-14-12-22(13-15-33)31-17-18-4-8-20(9-5-18)26(28,29)30/h1-11,16,22,31H,12-15,17H2,(H,32,34). The number of rotatable bonds is 7. The van der Waals surface area contributed by atoms with Crippen molar-refractivity contribution in [1.82, 2.24) is 9.62 Å². The lowest BCUT2D eigenvalue weighted by molar-refractivity contribution is -0.137. The molecule has 4 rings (SSSR count). The molecule has 1 amide bonds. The molecule has 1 aliphatic rings. The van der Waals surface area contributed by atoms with Crippen LogP contribution >= 0.6 is 11.6 Å². The number of sulfonamides is 1. The Bertz CT molecular complexity index is 1340. The highest BCUT2D eigenvalue weighted by atomic mass is 35.5. The van der Waals surface area contributed by atoms with Crippen molar-refractivity contribution in [3.63, 3.8) is 0 Å². The second kappa shape index (κ2) is 11.2. The Balaban J connectivity index is 1.32. The number of carbonyl (C=O) groups excluding carboxylic acids is 1. The number of nitrogens with one attached hydrogen (secondary N) is 2. The van der Waals surface area contributed by atoms with E-state index >= 15 is 0 Å². The molecule has 196 valence electrons. The van der Waals surface area contributed by atoms with Crippen molar-refractivity contribution in [2.45, 2.75) is 36.5 Å². The number of halogens is 4. The van der Waals surface area contributed by atoms with Gasteiger partial charge in [0.05, 0.1) is 10.5 Å². The molecule has 2 N–H and O–H groups in total. The Morgan fingerprint density at radius 1 is 0.973 bits per heavy atom. The topological polar surface area (TPSA) is 78.5 Å². The zero-order chi connectivity index (χ0) is 26.6. The van der Waals surface area contributed by atoms with Crippen molar-refractivity contribution < 1.29 is 26.4 Å². The fourth-order valence-electron chi connectivity index (χ4n) is 4.06. The number of carbonyl (C=O) groups is 1. The van der Waals surface area contributed by atoms with Crippen molar-refractivity contribution in [1.29, 1.82) is 0 Å². The number of hydrogen-bond donors (Lipinski definition) is 2. The van der Waals surface area contributed by atoms with Crippen LogP contribution in [0.4, 0.5) is 18.9 Å². The minimum atomic E-state index is -4.37. The van der Waals surface area contributed by atoms with Crippen LogP contribution in [0, 0.1) is 0 Å². The van der Waals surface area contributed by atoms with E-state index in [1.165, 1.54) is 28.6 Å². The Labute approximate surface area is 218 Å². The molecule has 3 aromatic rings. The molecule has 1 fully saturated rings. The van der Waals surface area contributed by atoms with Gasteiger partial charge in [0, 0.05) is 41.9 Å². The predicted octanol–water partition coefficient (Wildman–Crippen LogP) is 5.55. The summed E-state index contributed by atoms with van der Waals surface area (Å²) in [6.45, 7) is 0.994. The van der Waals surface area contributed by atoms with E-state index in [0.29, 0.717) is 48.7 Å². The second-order valence-corrected chi connectivity index (χ2v) is 11.1. The van der Waals surface area contributed by atoms with Gasteiger partial charge in [0.1, 0.15) is 0 Å². The number of alkyl halides is 3. The van der Waals surface area contributed by atoms with E-state index in [1.807, 2.05) is 0 Å². The van der Waals surface area contributed by atoms with Gasteiger partial charge in [-0.1, -0.05) is 29.8 Å². The van der Waals surface area contributed by atoms with Crippen LogP contribution in [-0.4, -0.2) is 37.8 Å². The van der Waals surface area contributed by atoms with Crippen LogP contribution in [0.15, 0.2) is 77.7 Å². The second-order valence-electron chi connectivity index (χ2n) is 8.74. The first-order chi connectivity index (χ1) is 17.5. The maximum Gasteiger partial charge on any atom is 0.416 e. The van der Waals surface area contributed by atoms with Crippen LogP contribution in [0.25, 0.3) is 0 Å². The van der Waals surface area contributed by atoms with Crippen molar-refractivity contribution in [3.8, 4) is 0 Å². The van der Waals surface area contributed by atoms with E-state index in [0.717, 1.165) is 17.7 Å². The average molecular weight is 552 g/mol. The molecule has 0 spiro atoms. The van der Waals surface area contributed by atoms with Crippen LogP contribution < -0.4 is 10.6 Å². The SMILES string of the molecule is O=C(Nc1cccc(S(=O)(=O)N2CCC(NCc3ccc(C(F)(F)F)cc3)CC2)c1)c1ccc(Cl)cc1. The summed E-state index contributed by atoms with van der Waals surface area (Å²) < 4.78 is 66.0. The highest BCUT2D eigenvalue weighted by molar-refractivity contribution is 7.89. The van der Waals surface area contributed by atoms with Crippen LogP contribution in [0.2, 0.25) is 5.02 Å². The van der Waals surface area contributed by atoms with E-state index < -0.39 is 21.8 Å². The molecular weight excluding hydrogens is 527 g/mol. The maximum atomic E-state index is 13.2. The van der Waals surface area contributed by atoms with Crippen molar-refractivity contribution >= 4 is 33.2 Å². The molecule has 1 saturated heterocycles. The number of piperidine rings is 1. The lowest BCUT2D eigenvalue weighted by Crippen LogP contribution is -2.44. The van der Waals surface area contributed by atoms with Gasteiger partial charge in [-0.3, -0.25) is 4.79 Å². The number of nitrogens with zero attached hydrogens (tertiary/aromatic N) is 1. The van der Waals surface area contributed by atoms with Crippen molar-refractivity contribution in [2.24, 2.45) is 0 Å². The first-order valence-corrected chi connectivity index (χ1v) is 13.4. The summed E-state index contributed by atoms with van der Waals surface area (Å²) in [5, 5.41) is 6.51. The Morgan fingerprint density at radius 3 is 2.24 bits per heavy atom. The molecule has 6 nitrogen and oxygen atoms in total. The van der Waals surface area contributed by atoms with Gasteiger partial charge in [0.25, 0.3) is 5.91 Å². The summed E-state index contributed by atoms with van der Waals surface area (Å²) in [7, 11) is -3.77. The first-order valence-electron chi connectivity index (χ1n) is 11.6. The molecule has 37 heavy (non-hydrogen) atoms. The highest BCUT2D eigenvalue weighted by Gasteiger charge is 2.31. The van der Waals surface area contributed by atoms with E-state index in [4.69, 9.17) is 11.6 Å². The predicted molar refractivity (Wildman–Crippen MR) is 136 cm³/mol. The van der Waals surface area contributed by atoms with Gasteiger partial charge in [-0.25, -0.2) is 8.42 Å². The molecule has 0 radical (unpaired) electrons. The van der Waals surface area contributed by atoms with Gasteiger partial charge in [-0.15, -0.1) is 0 Å². The summed E-state index contributed by atoms with van der Waals surface area (Å²) >= 11 is 5.85. The van der Waals surface area contributed by atoms with Crippen LogP contribution in [-0.2, 0) is 22.7 Å². The maximum absolute atomic E-state index is 13.2. The summed E-state index contributed by atoms with van der Waals surface area (Å²) in [4.78, 5) is 12.6. The Kier molecular flexibility index (Phi) is 8.23. The molecule has 0 bridgehead atoms. The van der Waals surface area contributed by atoms with Crippen molar-refractivity contribution in [2.75, 3.05) is 18.4 Å². The van der Waals surface area contributed by atoms with Gasteiger partial charge >= 0.3 is 6.18 Å². The fourth-order valence-corrected chi connectivity index (χ4v) is 5.70. The third-order valence-electron chi connectivity index (χ3n) is 6.17. The van der Waals surface area contributed by atoms with E-state index in [1.54, 1.807) is 36.4 Å². The molecule has 0 aromatic heterocycles. The Hall–Kier alpha value is -2.92. The normalized spacial score (nSPS) is 15.5. The highest BCUT2D eigenvalue weighted by Crippen LogP contribution is 2.29. The monoisotopic (exact) mass is 551 g/mol. The minimum absolute atomic E-state index is 0.0405. The van der Waals surface area contributed by atoms with Gasteiger partial charge < -0.3 is 10.6 Å². The molecule has 0 saturated carbocycles. The largest absolute Gasteiger partial charge is 0.416 e. The fraction of sp³-hybridized carbons (Fsp3) is 0.269. The van der Waals surface area contributed by atoms with Gasteiger partial charge in [-0.05, 0) is 73.0 Å². The van der Waals surface area contributed by atoms with Gasteiger partial charge in [0.15, 0.2) is 0 Å². The number of anilines is 1. The molecule has 11 heteroatoms. The first kappa shape index (κ1) is 27.1. The lowest BCUT2D eigenvalue weighted by atomic mass is 10.1. The third-order valence-corrected chi connectivity index (χ3v) is 8.31. The molecule has 1 heterocycles. The Morgan fingerprint density at radius 2 is 1.62 bits per heavy atom. The summed E-state index contributed by atoms with van der Waals surface area (Å²) in [6, 6.07) is 17.5. The molecule has 0 unspecified atom stereocenters. The summed E-state index contributed by atoms with van der Waals surface area (Å²) in [5.41, 5.74) is 0.779. The molecule has 3 aromatic carbocycles. The smallest absolute Gasteiger partial charge is 0.322 e. The molecule has 1 aliphatic heterocycles. The van der Waals surface area contributed by atoms with Crippen LogP contribution in [0.5, 0.6) is 0 Å². The van der Waals surface area contributed by atoms with Crippen LogP contribution in [0.3, 0.4) is 0 Å². The number of hydrogen-bond acceptors (Lipinski definition) is 4. The zero-order valence-electron chi connectivity index (χ0n) is 19.6. The lowest BCUT2D eigenvalue weighted by Gasteiger charge is -2.32. The summed E-state index contributed by atoms with van der Waals surface area (Å²) in [5.74, 6) is -0.383. The third kappa shape index (κ3) is 6.89. The van der Waals surface area contributed by atoms with E-state index in [2.05, 4.69) is 10.6 Å². The van der Waals surface area contributed by atoms with Gasteiger partial charge in [-0.2, -0.15) is 17.5 Å². The molecule has 0 atom stereocenters. The summed E-state index contributed by atoms with van der Waals surface area (Å²) in [6.07, 6.45) is -3.24. The number of amides is 1. The molecule has 0 aliphatic carbocycles. The quantitative estimate of drug-likeness (QED) is 0.403. The average Bonchev–Trinajstić information content (AvgIpc) is 2.88. The molecular formula is C26H25ClF3N3O3S. The van der Waals surface area contributed by atoms with E-state index in [-0.39, 0.29) is 16.8 Å². The van der Waals surface area contributed by atoms with Gasteiger partial charge in [0.2, 0.25) is 10.0 Å². The minimum Gasteiger partial charge on any atom is -0.322 e.